The van der Waals surface area contributed by atoms with Crippen LogP contribution in [0.1, 0.15) is 23.1 Å². The van der Waals surface area contributed by atoms with Crippen molar-refractivity contribution in [3.63, 3.8) is 0 Å². The average molecular weight is 374 g/mol. The Morgan fingerprint density at radius 1 is 1.11 bits per heavy atom. The van der Waals surface area contributed by atoms with Gasteiger partial charge in [0.15, 0.2) is 11.5 Å². The summed E-state index contributed by atoms with van der Waals surface area (Å²) in [5, 5.41) is 17.1. The van der Waals surface area contributed by atoms with E-state index in [0.29, 0.717) is 31.9 Å². The predicted octanol–water partition coefficient (Wildman–Crippen LogP) is 3.41. The van der Waals surface area contributed by atoms with Gasteiger partial charge in [-0.15, -0.1) is 0 Å². The second-order valence-corrected chi connectivity index (χ2v) is 6.80. The molecule has 2 aromatic carbocycles. The van der Waals surface area contributed by atoms with Crippen LogP contribution >= 0.6 is 0 Å². The van der Waals surface area contributed by atoms with Gasteiger partial charge < -0.3 is 14.8 Å². The van der Waals surface area contributed by atoms with Crippen LogP contribution in [0.25, 0.3) is 11.3 Å². The van der Waals surface area contributed by atoms with E-state index in [-0.39, 0.29) is 0 Å². The van der Waals surface area contributed by atoms with Gasteiger partial charge in [-0.25, -0.2) is 0 Å². The normalized spacial score (nSPS) is 13.0. The van der Waals surface area contributed by atoms with Gasteiger partial charge in [0.1, 0.15) is 0 Å². The van der Waals surface area contributed by atoms with Crippen LogP contribution in [0.5, 0.6) is 11.5 Å². The molecule has 1 aliphatic heterocycles. The first kappa shape index (κ1) is 18.1. The number of nitriles is 1. The quantitative estimate of drug-likeness (QED) is 0.741. The Bertz CT molecular complexity index is 1020. The largest absolute Gasteiger partial charge is 0.490 e. The number of aromatic nitrogens is 2. The van der Waals surface area contributed by atoms with E-state index in [2.05, 4.69) is 16.5 Å². The molecule has 0 aliphatic carbocycles. The molecule has 0 saturated carbocycles. The standard InChI is InChI=1S/C22H22N4O2/c1-26-15-19(14-24-13-17-5-2-4-16(10-17)12-23)22(25-26)18-6-7-20-21(11-18)28-9-3-8-27-20/h2,4-7,10-11,15,24H,3,8-9,13-14H2,1H3. The highest BCUT2D eigenvalue weighted by molar-refractivity contribution is 5.66. The highest BCUT2D eigenvalue weighted by Crippen LogP contribution is 2.34. The summed E-state index contributed by atoms with van der Waals surface area (Å²) in [5.74, 6) is 1.56. The summed E-state index contributed by atoms with van der Waals surface area (Å²) in [5.41, 5.74) is 4.80. The lowest BCUT2D eigenvalue weighted by Crippen LogP contribution is -2.13. The molecule has 1 aliphatic rings. The Kier molecular flexibility index (Phi) is 5.27. The first-order valence-electron chi connectivity index (χ1n) is 9.35. The number of rotatable bonds is 5. The molecule has 0 saturated heterocycles. The molecule has 0 amide bonds. The number of nitrogens with one attached hydrogen (secondary N) is 1. The summed E-state index contributed by atoms with van der Waals surface area (Å²) in [7, 11) is 1.92. The smallest absolute Gasteiger partial charge is 0.161 e. The first-order valence-corrected chi connectivity index (χ1v) is 9.35. The molecule has 1 N–H and O–H groups in total. The molecule has 3 aromatic rings. The van der Waals surface area contributed by atoms with Gasteiger partial charge in [0.05, 0.1) is 30.5 Å². The fourth-order valence-corrected chi connectivity index (χ4v) is 3.31. The van der Waals surface area contributed by atoms with Gasteiger partial charge in [-0.2, -0.15) is 10.4 Å². The van der Waals surface area contributed by atoms with Crippen LogP contribution in [0, 0.1) is 11.3 Å². The van der Waals surface area contributed by atoms with Gasteiger partial charge in [-0.1, -0.05) is 12.1 Å². The second-order valence-electron chi connectivity index (χ2n) is 6.80. The summed E-state index contributed by atoms with van der Waals surface area (Å²) in [4.78, 5) is 0. The van der Waals surface area contributed by atoms with Crippen molar-refractivity contribution in [2.45, 2.75) is 19.5 Å². The minimum Gasteiger partial charge on any atom is -0.490 e. The lowest BCUT2D eigenvalue weighted by Gasteiger charge is -2.10. The number of ether oxygens (including phenoxy) is 2. The molecule has 6 heteroatoms. The summed E-state index contributed by atoms with van der Waals surface area (Å²) < 4.78 is 13.4. The number of benzene rings is 2. The minimum atomic E-state index is 0.662. The van der Waals surface area contributed by atoms with Crippen molar-refractivity contribution in [1.29, 1.82) is 5.26 Å². The van der Waals surface area contributed by atoms with Gasteiger partial charge in [-0.3, -0.25) is 4.68 Å². The number of aryl methyl sites for hydroxylation is 1. The average Bonchev–Trinajstić information content (AvgIpc) is 2.93. The van der Waals surface area contributed by atoms with Crippen LogP contribution in [0.3, 0.4) is 0 Å². The molecule has 0 atom stereocenters. The first-order chi connectivity index (χ1) is 13.7. The summed E-state index contributed by atoms with van der Waals surface area (Å²) in [6.07, 6.45) is 2.91. The molecule has 2 heterocycles. The number of hydrogen-bond acceptors (Lipinski definition) is 5. The zero-order chi connectivity index (χ0) is 19.3. The Labute approximate surface area is 164 Å². The summed E-state index contributed by atoms with van der Waals surface area (Å²) >= 11 is 0. The van der Waals surface area contributed by atoms with Gasteiger partial charge in [0.2, 0.25) is 0 Å². The van der Waals surface area contributed by atoms with Crippen molar-refractivity contribution < 1.29 is 9.47 Å². The Morgan fingerprint density at radius 2 is 1.96 bits per heavy atom. The lowest BCUT2D eigenvalue weighted by atomic mass is 10.1. The van der Waals surface area contributed by atoms with Crippen molar-refractivity contribution in [3.8, 4) is 28.8 Å². The third kappa shape index (κ3) is 4.00. The van der Waals surface area contributed by atoms with E-state index in [1.165, 1.54) is 0 Å². The molecule has 0 radical (unpaired) electrons. The van der Waals surface area contributed by atoms with Crippen LogP contribution in [-0.4, -0.2) is 23.0 Å². The molecule has 4 rings (SSSR count). The van der Waals surface area contributed by atoms with Gasteiger partial charge in [0.25, 0.3) is 0 Å². The van der Waals surface area contributed by atoms with Gasteiger partial charge in [-0.05, 0) is 35.9 Å². The number of fused-ring (bicyclic) bond motifs is 1. The Morgan fingerprint density at radius 3 is 2.82 bits per heavy atom. The van der Waals surface area contributed by atoms with Crippen molar-refractivity contribution in [2.75, 3.05) is 13.2 Å². The SMILES string of the molecule is Cn1cc(CNCc2cccc(C#N)c2)c(-c2ccc3c(c2)OCCCO3)n1. The fraction of sp³-hybridized carbons (Fsp3) is 0.273. The third-order valence-corrected chi connectivity index (χ3v) is 4.63. The molecule has 0 spiro atoms. The van der Waals surface area contributed by atoms with E-state index < -0.39 is 0 Å². The molecule has 0 fully saturated rings. The van der Waals surface area contributed by atoms with Crippen LogP contribution in [0.15, 0.2) is 48.7 Å². The van der Waals surface area contributed by atoms with Gasteiger partial charge in [0, 0.05) is 43.9 Å². The fourth-order valence-electron chi connectivity index (χ4n) is 3.31. The number of nitrogens with zero attached hydrogens (tertiary/aromatic N) is 3. The van der Waals surface area contributed by atoms with E-state index in [4.69, 9.17) is 14.7 Å². The molecular formula is C22H22N4O2. The maximum Gasteiger partial charge on any atom is 0.161 e. The Hall–Kier alpha value is -3.30. The molecule has 0 bridgehead atoms. The maximum absolute atomic E-state index is 9.03. The molecule has 142 valence electrons. The number of hydrogen-bond donors (Lipinski definition) is 1. The topological polar surface area (TPSA) is 72.1 Å². The van der Waals surface area contributed by atoms with Crippen molar-refractivity contribution in [3.05, 3.63) is 65.4 Å². The summed E-state index contributed by atoms with van der Waals surface area (Å²) in [6.45, 7) is 2.70. The zero-order valence-corrected chi connectivity index (χ0v) is 15.8. The van der Waals surface area contributed by atoms with E-state index >= 15 is 0 Å². The summed E-state index contributed by atoms with van der Waals surface area (Å²) in [6, 6.07) is 15.8. The molecule has 28 heavy (non-hydrogen) atoms. The van der Waals surface area contributed by atoms with Crippen molar-refractivity contribution in [2.24, 2.45) is 7.05 Å². The van der Waals surface area contributed by atoms with E-state index in [1.807, 2.05) is 60.4 Å². The highest BCUT2D eigenvalue weighted by atomic mass is 16.5. The van der Waals surface area contributed by atoms with E-state index in [1.54, 1.807) is 0 Å². The van der Waals surface area contributed by atoms with E-state index in [9.17, 15) is 0 Å². The third-order valence-electron chi connectivity index (χ3n) is 4.63. The lowest BCUT2D eigenvalue weighted by molar-refractivity contribution is 0.297. The Balaban J connectivity index is 1.51. The van der Waals surface area contributed by atoms with Crippen molar-refractivity contribution in [1.82, 2.24) is 15.1 Å². The van der Waals surface area contributed by atoms with Gasteiger partial charge >= 0.3 is 0 Å². The molecular weight excluding hydrogens is 352 g/mol. The monoisotopic (exact) mass is 374 g/mol. The van der Waals surface area contributed by atoms with Crippen molar-refractivity contribution >= 4 is 0 Å². The molecule has 1 aromatic heterocycles. The van der Waals surface area contributed by atoms with Crippen LogP contribution in [-0.2, 0) is 20.1 Å². The van der Waals surface area contributed by atoms with Crippen LogP contribution in [0.4, 0.5) is 0 Å². The van der Waals surface area contributed by atoms with Crippen LogP contribution in [0.2, 0.25) is 0 Å². The van der Waals surface area contributed by atoms with Crippen LogP contribution < -0.4 is 14.8 Å². The zero-order valence-electron chi connectivity index (χ0n) is 15.8. The highest BCUT2D eigenvalue weighted by Gasteiger charge is 2.15. The second kappa shape index (κ2) is 8.15. The molecule has 0 unspecified atom stereocenters. The molecule has 6 nitrogen and oxygen atoms in total. The van der Waals surface area contributed by atoms with E-state index in [0.717, 1.165) is 40.3 Å². The predicted molar refractivity (Wildman–Crippen MR) is 106 cm³/mol. The maximum atomic E-state index is 9.03. The minimum absolute atomic E-state index is 0.662.